The van der Waals surface area contributed by atoms with Gasteiger partial charge >= 0.3 is 0 Å². The number of allylic oxidation sites excluding steroid dienone is 1. The molecule has 0 spiro atoms. The molecular formula is C29H31F5O4. The van der Waals surface area contributed by atoms with Gasteiger partial charge in [0.05, 0.1) is 11.7 Å². The zero-order chi connectivity index (χ0) is 27.6. The van der Waals surface area contributed by atoms with Crippen LogP contribution in [-0.4, -0.2) is 23.3 Å². The number of fused-ring (bicyclic) bond motifs is 7. The highest BCUT2D eigenvalue weighted by Crippen LogP contribution is 2.71. The summed E-state index contributed by atoms with van der Waals surface area (Å²) in [5.74, 6) is -12.5. The smallest absolute Gasteiger partial charge is 0.200 e. The number of ketones is 2. The first kappa shape index (κ1) is 26.1. The van der Waals surface area contributed by atoms with Crippen LogP contribution in [-0.2, 0) is 24.8 Å². The summed E-state index contributed by atoms with van der Waals surface area (Å²) in [5.41, 5.74) is -2.49. The molecular weight excluding hydrogens is 507 g/mol. The number of carbonyl (C=O) groups is 2. The molecule has 1 saturated heterocycles. The second-order valence-electron chi connectivity index (χ2n) is 12.6. The Kier molecular flexibility index (Phi) is 5.47. The zero-order valence-electron chi connectivity index (χ0n) is 21.9. The fourth-order valence-electron chi connectivity index (χ4n) is 9.27. The summed E-state index contributed by atoms with van der Waals surface area (Å²) >= 11 is 0. The molecule has 4 fully saturated rings. The van der Waals surface area contributed by atoms with Gasteiger partial charge in [-0.1, -0.05) is 19.4 Å². The van der Waals surface area contributed by atoms with E-state index < -0.39 is 57.6 Å². The van der Waals surface area contributed by atoms with Gasteiger partial charge in [0.2, 0.25) is 5.82 Å². The number of rotatable bonds is 2. The minimum Gasteiger partial charge on any atom is -0.339 e. The first-order valence-corrected chi connectivity index (χ1v) is 13.4. The lowest BCUT2D eigenvalue weighted by Crippen LogP contribution is -2.59. The van der Waals surface area contributed by atoms with Crippen LogP contribution >= 0.6 is 0 Å². The van der Waals surface area contributed by atoms with Gasteiger partial charge < -0.3 is 9.47 Å². The Balaban J connectivity index is 1.41. The van der Waals surface area contributed by atoms with E-state index in [0.717, 1.165) is 32.6 Å². The molecule has 8 atom stereocenters. The maximum absolute atomic E-state index is 14.9. The van der Waals surface area contributed by atoms with Gasteiger partial charge in [0, 0.05) is 11.8 Å². The van der Waals surface area contributed by atoms with Crippen molar-refractivity contribution in [2.75, 3.05) is 0 Å². The minimum atomic E-state index is -2.34. The molecule has 1 aliphatic heterocycles. The molecule has 0 N–H and O–H groups in total. The first-order valence-electron chi connectivity index (χ1n) is 13.4. The molecule has 4 aliphatic carbocycles. The summed E-state index contributed by atoms with van der Waals surface area (Å²) in [6, 6.07) is 0. The van der Waals surface area contributed by atoms with Gasteiger partial charge in [-0.25, -0.2) is 22.0 Å². The third kappa shape index (κ3) is 2.98. The third-order valence-corrected chi connectivity index (χ3v) is 11.0. The van der Waals surface area contributed by atoms with Crippen molar-refractivity contribution in [3.05, 3.63) is 46.3 Å². The van der Waals surface area contributed by atoms with Crippen molar-refractivity contribution in [3.8, 4) is 0 Å². The van der Waals surface area contributed by atoms with Crippen molar-refractivity contribution < 1.29 is 41.0 Å². The average Bonchev–Trinajstić information content (AvgIpc) is 3.30. The fourth-order valence-corrected chi connectivity index (χ4v) is 9.27. The molecule has 9 heteroatoms. The van der Waals surface area contributed by atoms with E-state index >= 15 is 0 Å². The number of halogens is 5. The second kappa shape index (κ2) is 7.96. The Hall–Kier alpha value is -2.13. The van der Waals surface area contributed by atoms with Crippen LogP contribution in [0.3, 0.4) is 0 Å². The van der Waals surface area contributed by atoms with Crippen LogP contribution in [0.25, 0.3) is 0 Å². The van der Waals surface area contributed by atoms with Gasteiger partial charge in [0.15, 0.2) is 46.2 Å². The van der Waals surface area contributed by atoms with Crippen molar-refractivity contribution >= 4 is 11.6 Å². The Labute approximate surface area is 217 Å². The van der Waals surface area contributed by atoms with E-state index in [0.29, 0.717) is 25.2 Å². The van der Waals surface area contributed by atoms with Gasteiger partial charge in [-0.05, 0) is 81.6 Å². The van der Waals surface area contributed by atoms with E-state index in [2.05, 4.69) is 6.92 Å². The van der Waals surface area contributed by atoms with E-state index in [9.17, 15) is 31.5 Å². The lowest BCUT2D eigenvalue weighted by atomic mass is 9.46. The van der Waals surface area contributed by atoms with Crippen LogP contribution in [0, 0.1) is 57.7 Å². The number of carbonyl (C=O) groups excluding carboxylic acids is 2. The van der Waals surface area contributed by atoms with Gasteiger partial charge in [-0.2, -0.15) is 0 Å². The Morgan fingerprint density at radius 1 is 0.895 bits per heavy atom. The lowest BCUT2D eigenvalue weighted by Gasteiger charge is -2.59. The Morgan fingerprint density at radius 2 is 1.53 bits per heavy atom. The van der Waals surface area contributed by atoms with Crippen molar-refractivity contribution in [2.45, 2.75) is 90.1 Å². The minimum absolute atomic E-state index is 0.00733. The predicted octanol–water partition coefficient (Wildman–Crippen LogP) is 6.44. The quantitative estimate of drug-likeness (QED) is 0.247. The van der Waals surface area contributed by atoms with Crippen molar-refractivity contribution in [1.82, 2.24) is 0 Å². The van der Waals surface area contributed by atoms with Crippen LogP contribution in [0.1, 0.15) is 78.2 Å². The number of hydrogen-bond acceptors (Lipinski definition) is 4. The molecule has 1 aromatic carbocycles. The molecule has 0 radical (unpaired) electrons. The summed E-state index contributed by atoms with van der Waals surface area (Å²) < 4.78 is 84.1. The summed E-state index contributed by atoms with van der Waals surface area (Å²) in [6.07, 6.45) is 5.55. The van der Waals surface area contributed by atoms with Crippen molar-refractivity contribution in [1.29, 1.82) is 0 Å². The van der Waals surface area contributed by atoms with Crippen molar-refractivity contribution in [3.63, 3.8) is 0 Å². The highest BCUT2D eigenvalue weighted by molar-refractivity contribution is 5.91. The molecule has 1 aromatic rings. The highest BCUT2D eigenvalue weighted by Gasteiger charge is 2.76. The summed E-state index contributed by atoms with van der Waals surface area (Å²) in [4.78, 5) is 25.5. The van der Waals surface area contributed by atoms with Gasteiger partial charge in [0.25, 0.3) is 0 Å². The molecule has 0 bridgehead atoms. The molecule has 206 valence electrons. The monoisotopic (exact) mass is 538 g/mol. The van der Waals surface area contributed by atoms with E-state index in [1.54, 1.807) is 0 Å². The fraction of sp³-hybridized carbons (Fsp3) is 0.655. The van der Waals surface area contributed by atoms with E-state index in [-0.39, 0.29) is 28.8 Å². The molecule has 0 unspecified atom stereocenters. The lowest BCUT2D eigenvalue weighted by molar-refractivity contribution is -0.230. The van der Waals surface area contributed by atoms with E-state index in [1.807, 2.05) is 13.0 Å². The average molecular weight is 539 g/mol. The maximum atomic E-state index is 14.9. The van der Waals surface area contributed by atoms with Gasteiger partial charge in [0.1, 0.15) is 0 Å². The molecule has 0 amide bonds. The van der Waals surface area contributed by atoms with E-state index in [1.165, 1.54) is 12.5 Å². The Morgan fingerprint density at radius 3 is 2.16 bits per heavy atom. The topological polar surface area (TPSA) is 52.6 Å². The molecule has 4 nitrogen and oxygen atoms in total. The van der Waals surface area contributed by atoms with Crippen molar-refractivity contribution in [2.24, 2.45) is 28.6 Å². The maximum Gasteiger partial charge on any atom is 0.200 e. The Bertz CT molecular complexity index is 1280. The van der Waals surface area contributed by atoms with E-state index in [4.69, 9.17) is 9.47 Å². The van der Waals surface area contributed by atoms with Crippen LogP contribution < -0.4 is 0 Å². The second-order valence-corrected chi connectivity index (χ2v) is 12.6. The first-order chi connectivity index (χ1) is 17.7. The number of benzene rings is 1. The highest BCUT2D eigenvalue weighted by atomic mass is 19.2. The third-order valence-electron chi connectivity index (χ3n) is 11.0. The number of Topliss-reactive ketones (excluding diaryl/α,β-unsaturated/α-hetero) is 1. The largest absolute Gasteiger partial charge is 0.339 e. The molecule has 6 rings (SSSR count). The summed E-state index contributed by atoms with van der Waals surface area (Å²) in [5, 5.41) is 0. The molecule has 0 aromatic heterocycles. The normalized spacial score (nSPS) is 43.7. The molecule has 3 saturated carbocycles. The van der Waals surface area contributed by atoms with Crippen LogP contribution in [0.2, 0.25) is 0 Å². The SMILES string of the molecule is CC(=O)[C@@]12O[C@](C)(c3c(F)c(F)c(F)c(F)c3F)O[C@@H]1C[C@H]1[C@@H]3CCC4=CC(=O)CC[C@]4(C)[C@H]3CC[C@@]12C. The predicted molar refractivity (Wildman–Crippen MR) is 125 cm³/mol. The molecule has 38 heavy (non-hydrogen) atoms. The number of ether oxygens (including phenoxy) is 2. The van der Waals surface area contributed by atoms with Crippen LogP contribution in [0.4, 0.5) is 22.0 Å². The number of hydrogen-bond donors (Lipinski definition) is 0. The summed E-state index contributed by atoms with van der Waals surface area (Å²) in [6.45, 7) is 6.64. The standard InChI is InChI=1S/C29H31F5O4/c1-13(35)29-19(37-28(4,38-29)20-21(30)23(32)25(34)24(33)22(20)31)12-18-16-6-5-14-11-15(36)7-9-26(14,2)17(16)8-10-27(18,29)3/h11,16-19H,5-10,12H2,1-4H3/t16-,17+,18+,19-,26+,27+,28-,29-/m1/s1. The molecule has 1 heterocycles. The van der Waals surface area contributed by atoms with Gasteiger partial charge in [-0.3, -0.25) is 9.59 Å². The molecule has 5 aliphatic rings. The van der Waals surface area contributed by atoms with Crippen LogP contribution in [0.15, 0.2) is 11.6 Å². The summed E-state index contributed by atoms with van der Waals surface area (Å²) in [7, 11) is 0. The van der Waals surface area contributed by atoms with Gasteiger partial charge in [-0.15, -0.1) is 0 Å². The van der Waals surface area contributed by atoms with Crippen LogP contribution in [0.5, 0.6) is 0 Å². The zero-order valence-corrected chi connectivity index (χ0v) is 21.9.